The van der Waals surface area contributed by atoms with Crippen molar-refractivity contribution in [1.29, 1.82) is 0 Å². The molecule has 1 aliphatic rings. The molecule has 0 spiro atoms. The van der Waals surface area contributed by atoms with Gasteiger partial charge in [-0.05, 0) is 0 Å². The number of ketones is 2. The minimum absolute atomic E-state index is 0.153. The molecule has 3 rings (SSSR count). The Morgan fingerprint density at radius 3 is 2.60 bits per heavy atom. The monoisotopic (exact) mass is 336 g/mol. The molecular weight excluding hydrogens is 326 g/mol. The summed E-state index contributed by atoms with van der Waals surface area (Å²) in [4.78, 5) is 28.4. The number of nitrogens with zero attached hydrogens (tertiary/aromatic N) is 1. The van der Waals surface area contributed by atoms with Gasteiger partial charge in [0, 0.05) is 0 Å². The Labute approximate surface area is 120 Å². The molecule has 0 atom stereocenters. The van der Waals surface area contributed by atoms with Crippen molar-refractivity contribution in [1.82, 2.24) is 4.98 Å². The number of rotatable bonds is 2. The quantitative estimate of drug-likeness (QED) is 0.853. The van der Waals surface area contributed by atoms with E-state index in [-0.39, 0.29) is 43.3 Å². The van der Waals surface area contributed by atoms with Gasteiger partial charge in [0.2, 0.25) is 0 Å². The maximum absolute atomic E-state index is 12.8. The van der Waals surface area contributed by atoms with Gasteiger partial charge in [0.15, 0.2) is 0 Å². The number of allylic oxidation sites excluding steroid dienone is 2. The second kappa shape index (κ2) is 4.81. The van der Waals surface area contributed by atoms with Gasteiger partial charge in [-0.2, -0.15) is 0 Å². The van der Waals surface area contributed by atoms with Gasteiger partial charge in [-0.15, -0.1) is 0 Å². The van der Waals surface area contributed by atoms with Crippen LogP contribution >= 0.6 is 0 Å². The zero-order chi connectivity index (χ0) is 14.3. The number of benzene rings is 1. The van der Waals surface area contributed by atoms with E-state index in [0.717, 1.165) is 4.57 Å². The summed E-state index contributed by atoms with van der Waals surface area (Å²) < 4.78 is 14.2. The van der Waals surface area contributed by atoms with Crippen LogP contribution in [-0.4, -0.2) is 31.1 Å². The van der Waals surface area contributed by atoms with Crippen molar-refractivity contribution in [2.45, 2.75) is 6.92 Å². The Kier molecular flexibility index (Phi) is 3.12. The van der Waals surface area contributed by atoms with E-state index in [1.807, 2.05) is 6.92 Å². The van der Waals surface area contributed by atoms with E-state index in [1.54, 1.807) is 0 Å². The molecule has 1 aromatic heterocycles. The van der Waals surface area contributed by atoms with Crippen LogP contribution in [0.1, 0.15) is 24.3 Å². The Bertz CT molecular complexity index is 747. The van der Waals surface area contributed by atoms with Crippen LogP contribution in [0.2, 0.25) is 0 Å². The predicted octanol–water partition coefficient (Wildman–Crippen LogP) is 1.96. The average Bonchev–Trinajstić information content (AvgIpc) is 2.81. The summed E-state index contributed by atoms with van der Waals surface area (Å²) in [5, 5.41) is 2.84. The van der Waals surface area contributed by atoms with Crippen LogP contribution in [0.25, 0.3) is 0 Å². The number of Topliss-reactive ketones (excluding diaryl/α,β-unsaturated/α-hetero) is 1. The van der Waals surface area contributed by atoms with Crippen LogP contribution in [-0.2, 0) is 0 Å². The fourth-order valence-corrected chi connectivity index (χ4v) is 3.65. The molecule has 1 aliphatic carbocycles. The number of carbonyl (C=O) groups is 2. The number of anilines is 1. The average molecular weight is 335 g/mol. The molecule has 1 heterocycles. The summed E-state index contributed by atoms with van der Waals surface area (Å²) >= 11 is -0.153. The van der Waals surface area contributed by atoms with E-state index in [4.69, 9.17) is 0 Å². The molecule has 0 unspecified atom stereocenters. The van der Waals surface area contributed by atoms with Crippen LogP contribution in [0.5, 0.6) is 0 Å². The molecule has 0 aliphatic heterocycles. The van der Waals surface area contributed by atoms with Gasteiger partial charge < -0.3 is 0 Å². The first-order valence-corrected chi connectivity index (χ1v) is 7.56. The first-order chi connectivity index (χ1) is 9.54. The Hall–Kier alpha value is -2.04. The molecule has 2 aromatic rings. The molecule has 1 N–H and O–H groups in total. The summed E-state index contributed by atoms with van der Waals surface area (Å²) in [6.07, 6.45) is 1.29. The number of carbonyl (C=O) groups excluding carboxylic acids is 2. The van der Waals surface area contributed by atoms with Crippen molar-refractivity contribution in [2.75, 3.05) is 5.32 Å². The van der Waals surface area contributed by atoms with E-state index in [2.05, 4.69) is 10.3 Å². The van der Waals surface area contributed by atoms with Gasteiger partial charge in [0.1, 0.15) is 0 Å². The number of halogens is 1. The molecule has 0 saturated carbocycles. The minimum atomic E-state index is -0.362. The first-order valence-electron chi connectivity index (χ1n) is 5.85. The van der Waals surface area contributed by atoms with Crippen molar-refractivity contribution in [2.24, 2.45) is 0 Å². The van der Waals surface area contributed by atoms with Gasteiger partial charge in [0.05, 0.1) is 0 Å². The van der Waals surface area contributed by atoms with Crippen molar-refractivity contribution in [3.05, 3.63) is 56.6 Å². The first kappa shape index (κ1) is 13.0. The summed E-state index contributed by atoms with van der Waals surface area (Å²) in [6, 6.07) is 5.57. The summed E-state index contributed by atoms with van der Waals surface area (Å²) in [5.74, 6) is -0.827. The second-order valence-corrected chi connectivity index (χ2v) is 6.82. The zero-order valence-electron chi connectivity index (χ0n) is 10.4. The van der Waals surface area contributed by atoms with Crippen molar-refractivity contribution in [3.63, 3.8) is 0 Å². The van der Waals surface area contributed by atoms with Crippen LogP contribution < -0.4 is 5.32 Å². The van der Waals surface area contributed by atoms with E-state index >= 15 is 0 Å². The summed E-state index contributed by atoms with van der Waals surface area (Å²) in [6.45, 7) is 1.81. The number of aromatic nitrogens is 1. The third-order valence-corrected chi connectivity index (χ3v) is 4.88. The van der Waals surface area contributed by atoms with Crippen molar-refractivity contribution in [3.8, 4) is 0 Å². The second-order valence-electron chi connectivity index (χ2n) is 4.29. The Balaban J connectivity index is 1.93. The van der Waals surface area contributed by atoms with Gasteiger partial charge in [0.25, 0.3) is 0 Å². The molecule has 0 fully saturated rings. The number of nitrogens with one attached hydrogen (secondary N) is 1. The molecule has 6 heteroatoms. The molecule has 0 bridgehead atoms. The molecule has 0 saturated heterocycles. The third kappa shape index (κ3) is 2.24. The van der Waals surface area contributed by atoms with Gasteiger partial charge >= 0.3 is 120 Å². The van der Waals surface area contributed by atoms with Crippen LogP contribution in [0.3, 0.4) is 0 Å². The topological polar surface area (TPSA) is 59.1 Å². The van der Waals surface area contributed by atoms with Gasteiger partial charge in [-0.3, -0.25) is 0 Å². The van der Waals surface area contributed by atoms with Crippen LogP contribution in [0.15, 0.2) is 36.0 Å². The molecule has 0 amide bonds. The van der Waals surface area contributed by atoms with Gasteiger partial charge in [-0.25, -0.2) is 0 Å². The number of aryl methyl sites for hydroxylation is 1. The molecule has 20 heavy (non-hydrogen) atoms. The number of fused-ring (bicyclic) bond motifs is 1. The molecule has 0 radical (unpaired) electrons. The SMILES string of the molecule is Cc1nc2c([se]1)C(=O)C=C(Nc1ccc(F)cc1)C2=O. The standard InChI is InChI=1S/C14H9FN2O2Se/c1-7-16-12-13(19)10(6-11(18)14(12)20-7)17-9-4-2-8(15)3-5-9/h2-6,17H,1H3. The van der Waals surface area contributed by atoms with Crippen LogP contribution in [0, 0.1) is 12.7 Å². The number of hydrogen-bond donors (Lipinski definition) is 1. The van der Waals surface area contributed by atoms with E-state index in [9.17, 15) is 14.0 Å². The fourth-order valence-electron chi connectivity index (χ4n) is 1.92. The maximum atomic E-state index is 12.8. The van der Waals surface area contributed by atoms with Crippen molar-refractivity contribution >= 4 is 31.8 Å². The van der Waals surface area contributed by atoms with E-state index in [0.29, 0.717) is 10.1 Å². The van der Waals surface area contributed by atoms with E-state index < -0.39 is 0 Å². The molecule has 1 aromatic carbocycles. The molecule has 4 nitrogen and oxygen atoms in total. The summed E-state index contributed by atoms with van der Waals surface area (Å²) in [7, 11) is 0. The molecular formula is C14H9FN2O2Se. The van der Waals surface area contributed by atoms with Crippen molar-refractivity contribution < 1.29 is 14.0 Å². The predicted molar refractivity (Wildman–Crippen MR) is 72.7 cm³/mol. The van der Waals surface area contributed by atoms with Gasteiger partial charge in [-0.1, -0.05) is 0 Å². The molecule has 100 valence electrons. The zero-order valence-corrected chi connectivity index (χ0v) is 12.1. The Morgan fingerprint density at radius 1 is 1.20 bits per heavy atom. The third-order valence-electron chi connectivity index (χ3n) is 2.82. The summed E-state index contributed by atoms with van der Waals surface area (Å²) in [5.41, 5.74) is 0.973. The number of hydrogen-bond acceptors (Lipinski definition) is 4. The van der Waals surface area contributed by atoms with Crippen LogP contribution in [0.4, 0.5) is 10.1 Å². The Morgan fingerprint density at radius 2 is 1.90 bits per heavy atom. The fraction of sp³-hybridized carbons (Fsp3) is 0.0714. The normalized spacial score (nSPS) is 14.0. The van der Waals surface area contributed by atoms with E-state index in [1.165, 1.54) is 30.3 Å².